The van der Waals surface area contributed by atoms with Crippen molar-refractivity contribution in [2.24, 2.45) is 0 Å². The summed E-state index contributed by atoms with van der Waals surface area (Å²) in [4.78, 5) is 41.9. The van der Waals surface area contributed by atoms with E-state index in [9.17, 15) is 0 Å². The molecule has 442 valence electrons. The number of carbonyl (C=O) groups is 2. The highest BCUT2D eigenvalue weighted by molar-refractivity contribution is 6.04. The predicted molar refractivity (Wildman–Crippen MR) is 366 cm³/mol. The summed E-state index contributed by atoms with van der Waals surface area (Å²) in [5.74, 6) is -1.08. The highest BCUT2D eigenvalue weighted by Gasteiger charge is 2.50. The van der Waals surface area contributed by atoms with Crippen molar-refractivity contribution in [2.45, 2.75) is 32.0 Å². The van der Waals surface area contributed by atoms with Crippen LogP contribution in [0.2, 0.25) is 0 Å². The van der Waals surface area contributed by atoms with E-state index >= 15 is 9.59 Å². The monoisotopic (exact) mass is 1160 g/mol. The summed E-state index contributed by atoms with van der Waals surface area (Å²) < 4.78 is 14.3. The number of benzene rings is 9. The zero-order valence-electron chi connectivity index (χ0n) is 52.8. The van der Waals surface area contributed by atoms with Crippen molar-refractivity contribution < 1.29 is 19.1 Å². The number of cyclic esters (lactones) is 2. The molecule has 0 aromatic heterocycles. The Hall–Kier alpha value is -10.1. The van der Waals surface area contributed by atoms with E-state index in [2.05, 4.69) is 264 Å². The number of rotatable bonds is 17. The summed E-state index contributed by atoms with van der Waals surface area (Å²) in [7, 11) is 20.3. The van der Waals surface area contributed by atoms with Crippen LogP contribution in [0.3, 0.4) is 0 Å². The Labute approximate surface area is 520 Å². The number of nitrogens with zero attached hydrogens (tertiary/aromatic N) is 5. The van der Waals surface area contributed by atoms with E-state index in [1.807, 2.05) is 82.6 Å². The lowest BCUT2D eigenvalue weighted by molar-refractivity contribution is 0.0295. The molecule has 2 unspecified atom stereocenters. The zero-order chi connectivity index (χ0) is 62.2. The van der Waals surface area contributed by atoms with Crippen molar-refractivity contribution in [3.05, 3.63) is 314 Å². The van der Waals surface area contributed by atoms with Crippen LogP contribution < -0.4 is 24.5 Å². The topological polar surface area (TPSA) is 68.8 Å². The van der Waals surface area contributed by atoms with Crippen LogP contribution in [0.1, 0.15) is 93.0 Å². The van der Waals surface area contributed by atoms with Crippen LogP contribution >= 0.6 is 0 Å². The van der Waals surface area contributed by atoms with Crippen molar-refractivity contribution in [3.63, 3.8) is 0 Å². The van der Waals surface area contributed by atoms with Gasteiger partial charge in [0, 0.05) is 110 Å². The fraction of sp³-hybridized carbons (Fsp3) is 0.190. The predicted octanol–water partition coefficient (Wildman–Crippen LogP) is 16.2. The second-order valence-corrected chi connectivity index (χ2v) is 24.3. The van der Waals surface area contributed by atoms with Crippen LogP contribution in [0.4, 0.5) is 28.4 Å². The molecule has 9 nitrogen and oxygen atoms in total. The third-order valence-electron chi connectivity index (χ3n) is 17.0. The molecule has 0 N–H and O–H groups in total. The standard InChI is InChI=1S/C79H77N5O4/c1-52-14-20-55(21-15-52)70(56-22-16-53(2)17-23-56)48-78(50-72(59-28-38-64(39-29-59)81(6)7)60-30-40-65(41-31-60)82(8)9)74-46-69-75(47-68(74)76(85)87-78)79(88-77(69)86,49-71(57-24-18-54(3)19-25-57)58-26-36-63(37-27-58)80(4)5)51-73(61-32-42-66(43-33-61)83(10)11)62-34-44-67(45-35-62)84(12)13/h14-51H,1-13H3. The normalized spacial score (nSPS) is 15.7. The average molecular weight is 1160 g/mol. The summed E-state index contributed by atoms with van der Waals surface area (Å²) in [6.45, 7) is 6.23. The Balaban J connectivity index is 1.25. The summed E-state index contributed by atoms with van der Waals surface area (Å²) in [5.41, 5.74) is 17.6. The number of anilines is 5. The first-order valence-corrected chi connectivity index (χ1v) is 29.8. The first kappa shape index (κ1) is 59.6. The Bertz CT molecular complexity index is 4020. The molecular formula is C79H77N5O4. The highest BCUT2D eigenvalue weighted by Crippen LogP contribution is 2.51. The van der Waals surface area contributed by atoms with Gasteiger partial charge in [0.1, 0.15) is 0 Å². The third-order valence-corrected chi connectivity index (χ3v) is 17.0. The van der Waals surface area contributed by atoms with Crippen molar-refractivity contribution >= 4 is 62.7 Å². The van der Waals surface area contributed by atoms with Gasteiger partial charge < -0.3 is 34.0 Å². The smallest absolute Gasteiger partial charge is 0.340 e. The van der Waals surface area contributed by atoms with E-state index in [1.165, 1.54) is 0 Å². The second kappa shape index (κ2) is 24.3. The fourth-order valence-corrected chi connectivity index (χ4v) is 11.7. The van der Waals surface area contributed by atoms with Gasteiger partial charge in [0.15, 0.2) is 11.2 Å². The zero-order valence-corrected chi connectivity index (χ0v) is 52.8. The van der Waals surface area contributed by atoms with Crippen molar-refractivity contribution in [1.82, 2.24) is 0 Å². The number of aryl methyl sites for hydroxylation is 3. The number of esters is 2. The molecule has 9 heteroatoms. The van der Waals surface area contributed by atoms with Gasteiger partial charge in [0.05, 0.1) is 11.1 Å². The number of ether oxygens (including phenoxy) is 2. The van der Waals surface area contributed by atoms with Crippen molar-refractivity contribution in [1.29, 1.82) is 0 Å². The molecule has 0 amide bonds. The van der Waals surface area contributed by atoms with Crippen LogP contribution in [-0.2, 0) is 20.7 Å². The second-order valence-electron chi connectivity index (χ2n) is 24.3. The summed E-state index contributed by atoms with van der Waals surface area (Å²) in [5, 5.41) is 0. The molecule has 9 aromatic carbocycles. The molecule has 0 radical (unpaired) electrons. The van der Waals surface area contributed by atoms with Gasteiger partial charge in [-0.2, -0.15) is 0 Å². The van der Waals surface area contributed by atoms with Gasteiger partial charge in [-0.1, -0.05) is 150 Å². The molecule has 88 heavy (non-hydrogen) atoms. The first-order chi connectivity index (χ1) is 42.2. The van der Waals surface area contributed by atoms with Gasteiger partial charge in [-0.05, 0) is 185 Å². The van der Waals surface area contributed by atoms with E-state index in [4.69, 9.17) is 9.47 Å². The summed E-state index contributed by atoms with van der Waals surface area (Å²) >= 11 is 0. The molecule has 0 aliphatic carbocycles. The van der Waals surface area contributed by atoms with Gasteiger partial charge in [-0.25, -0.2) is 9.59 Å². The molecule has 0 saturated heterocycles. The fourth-order valence-electron chi connectivity index (χ4n) is 11.7. The van der Waals surface area contributed by atoms with Crippen LogP contribution in [-0.4, -0.2) is 82.4 Å². The molecule has 2 aliphatic heterocycles. The lowest BCUT2D eigenvalue weighted by Gasteiger charge is -2.28. The summed E-state index contributed by atoms with van der Waals surface area (Å²) in [6.07, 6.45) is 8.31. The number of fused-ring (bicyclic) bond motifs is 2. The first-order valence-electron chi connectivity index (χ1n) is 29.8. The number of hydrogen-bond acceptors (Lipinski definition) is 9. The van der Waals surface area contributed by atoms with Crippen molar-refractivity contribution in [3.8, 4) is 0 Å². The molecule has 0 fully saturated rings. The minimum absolute atomic E-state index is 0.312. The molecular weight excluding hydrogens is 1080 g/mol. The molecule has 2 aliphatic rings. The molecule has 0 saturated carbocycles. The lowest BCUT2D eigenvalue weighted by Crippen LogP contribution is -2.23. The quantitative estimate of drug-likeness (QED) is 0.0829. The van der Waals surface area contributed by atoms with Gasteiger partial charge in [0.25, 0.3) is 0 Å². The largest absolute Gasteiger partial charge is 0.442 e. The van der Waals surface area contributed by atoms with Gasteiger partial charge >= 0.3 is 11.9 Å². The Morgan fingerprint density at radius 3 is 0.625 bits per heavy atom. The summed E-state index contributed by atoms with van der Waals surface area (Å²) in [6, 6.07) is 71.2. The van der Waals surface area contributed by atoms with Gasteiger partial charge in [-0.15, -0.1) is 0 Å². The molecule has 2 heterocycles. The van der Waals surface area contributed by atoms with Gasteiger partial charge in [-0.3, -0.25) is 0 Å². The Morgan fingerprint density at radius 2 is 0.455 bits per heavy atom. The molecule has 9 aromatic rings. The Kier molecular flexibility index (Phi) is 16.5. The van der Waals surface area contributed by atoms with E-state index in [0.717, 1.165) is 112 Å². The van der Waals surface area contributed by atoms with Gasteiger partial charge in [0.2, 0.25) is 0 Å². The maximum atomic E-state index is 15.8. The maximum Gasteiger partial charge on any atom is 0.340 e. The maximum absolute atomic E-state index is 15.8. The van der Waals surface area contributed by atoms with Crippen molar-refractivity contribution in [2.75, 3.05) is 95.0 Å². The Morgan fingerprint density at radius 1 is 0.284 bits per heavy atom. The van der Waals surface area contributed by atoms with E-state index in [-0.39, 0.29) is 0 Å². The minimum atomic E-state index is -1.61. The van der Waals surface area contributed by atoms with E-state index in [1.54, 1.807) is 0 Å². The lowest BCUT2D eigenvalue weighted by atomic mass is 9.79. The van der Waals surface area contributed by atoms with Crippen LogP contribution in [0, 0.1) is 20.8 Å². The molecule has 11 rings (SSSR count). The third kappa shape index (κ3) is 12.1. The molecule has 2 atom stereocenters. The SMILES string of the molecule is Cc1ccc(C(=CC2(C=C(c3ccc(N(C)C)cc3)c3ccc(N(C)C)cc3)OC(=O)c3cc4c(cc32)C(=O)OC4(C=C(c2ccc(C)cc2)c2ccc(N(C)C)cc2)C=C(c2ccc(N(C)C)cc2)c2ccc(N(C)C)cc2)c2ccc(C)cc2)cc1. The minimum Gasteiger partial charge on any atom is -0.442 e. The van der Waals surface area contributed by atoms with E-state index in [0.29, 0.717) is 22.3 Å². The highest BCUT2D eigenvalue weighted by atomic mass is 16.6. The molecule has 0 spiro atoms. The molecule has 0 bridgehead atoms. The van der Waals surface area contributed by atoms with E-state index < -0.39 is 23.1 Å². The van der Waals surface area contributed by atoms with Crippen LogP contribution in [0.5, 0.6) is 0 Å². The number of hydrogen-bond donors (Lipinski definition) is 0. The number of carbonyl (C=O) groups excluding carboxylic acids is 2. The average Bonchev–Trinajstić information content (AvgIpc) is 1.57. The van der Waals surface area contributed by atoms with Crippen LogP contribution in [0.25, 0.3) is 22.3 Å². The van der Waals surface area contributed by atoms with Crippen LogP contribution in [0.15, 0.2) is 231 Å².